The average Bonchev–Trinajstić information content (AvgIpc) is 2.98. The number of rotatable bonds is 5. The molecule has 0 spiro atoms. The van der Waals surface area contributed by atoms with Crippen LogP contribution in [0.2, 0.25) is 0 Å². The van der Waals surface area contributed by atoms with Crippen molar-refractivity contribution in [2.45, 2.75) is 64.2 Å². The number of nitrogens with one attached hydrogen (secondary N) is 3. The number of fused-ring (bicyclic) bond motifs is 1. The third kappa shape index (κ3) is 4.21. The van der Waals surface area contributed by atoms with Crippen molar-refractivity contribution in [2.75, 3.05) is 13.1 Å². The molecule has 1 aromatic carbocycles. The van der Waals surface area contributed by atoms with Crippen LogP contribution >= 0.6 is 0 Å². The maximum Gasteiger partial charge on any atom is 0.255 e. The molecule has 0 aliphatic carbocycles. The summed E-state index contributed by atoms with van der Waals surface area (Å²) in [5.41, 5.74) is 2.84. The van der Waals surface area contributed by atoms with Crippen LogP contribution in [-0.2, 0) is 22.7 Å². The molecule has 2 unspecified atom stereocenters. The Balaban J connectivity index is 1.41. The Morgan fingerprint density at radius 2 is 2.03 bits per heavy atom. The topological polar surface area (TPSA) is 90.5 Å². The first-order chi connectivity index (χ1) is 13.8. The fourth-order valence-corrected chi connectivity index (χ4v) is 4.93. The van der Waals surface area contributed by atoms with E-state index in [9.17, 15) is 14.4 Å². The van der Waals surface area contributed by atoms with Gasteiger partial charge >= 0.3 is 0 Å². The first kappa shape index (κ1) is 20.0. The number of hydrogen-bond acceptors (Lipinski definition) is 5. The Bertz CT molecular complexity index is 835. The highest BCUT2D eigenvalue weighted by molar-refractivity contribution is 6.05. The van der Waals surface area contributed by atoms with Gasteiger partial charge in [-0.05, 0) is 63.2 Å². The van der Waals surface area contributed by atoms with E-state index in [0.717, 1.165) is 42.6 Å². The Kier molecular flexibility index (Phi) is 5.44. The average molecular weight is 399 g/mol. The van der Waals surface area contributed by atoms with Crippen molar-refractivity contribution in [1.82, 2.24) is 20.9 Å². The predicted octanol–water partition coefficient (Wildman–Crippen LogP) is 1.32. The van der Waals surface area contributed by atoms with Crippen LogP contribution < -0.4 is 16.0 Å². The lowest BCUT2D eigenvalue weighted by molar-refractivity contribution is -0.136. The number of carbonyl (C=O) groups excluding carboxylic acids is 3. The van der Waals surface area contributed by atoms with Crippen LogP contribution in [0.5, 0.6) is 0 Å². The Hall–Kier alpha value is -2.25. The molecule has 0 saturated carbocycles. The largest absolute Gasteiger partial charge is 0.322 e. The molecule has 3 heterocycles. The van der Waals surface area contributed by atoms with Crippen molar-refractivity contribution < 1.29 is 14.4 Å². The number of piperidine rings is 2. The van der Waals surface area contributed by atoms with E-state index in [4.69, 9.17) is 0 Å². The molecule has 7 heteroatoms. The number of carbonyl (C=O) groups is 3. The number of amides is 3. The van der Waals surface area contributed by atoms with Crippen LogP contribution in [0.3, 0.4) is 0 Å². The maximum absolute atomic E-state index is 13.1. The molecular weight excluding hydrogens is 368 g/mol. The number of imide groups is 1. The molecule has 3 N–H and O–H groups in total. The number of nitrogens with zero attached hydrogens (tertiary/aromatic N) is 1. The summed E-state index contributed by atoms with van der Waals surface area (Å²) in [7, 11) is 0. The maximum atomic E-state index is 13.1. The Labute approximate surface area is 171 Å². The smallest absolute Gasteiger partial charge is 0.255 e. The van der Waals surface area contributed by atoms with E-state index < -0.39 is 6.04 Å². The van der Waals surface area contributed by atoms with Gasteiger partial charge in [-0.3, -0.25) is 19.7 Å². The van der Waals surface area contributed by atoms with E-state index >= 15 is 0 Å². The Morgan fingerprint density at radius 3 is 2.79 bits per heavy atom. The molecule has 2 saturated heterocycles. The second-order valence-corrected chi connectivity index (χ2v) is 9.15. The minimum absolute atomic E-state index is 0.102. The summed E-state index contributed by atoms with van der Waals surface area (Å²) >= 11 is 0. The van der Waals surface area contributed by atoms with Gasteiger partial charge in [-0.1, -0.05) is 18.2 Å². The molecule has 4 rings (SSSR count). The molecule has 156 valence electrons. The normalized spacial score (nSPS) is 26.4. The van der Waals surface area contributed by atoms with Crippen molar-refractivity contribution >= 4 is 17.7 Å². The lowest BCUT2D eigenvalue weighted by Gasteiger charge is -2.36. The van der Waals surface area contributed by atoms with Gasteiger partial charge in [-0.2, -0.15) is 0 Å². The second-order valence-electron chi connectivity index (χ2n) is 9.15. The van der Waals surface area contributed by atoms with Crippen LogP contribution in [0, 0.1) is 5.92 Å². The van der Waals surface area contributed by atoms with Gasteiger partial charge in [0.15, 0.2) is 0 Å². The molecule has 0 bridgehead atoms. The van der Waals surface area contributed by atoms with Gasteiger partial charge in [-0.15, -0.1) is 0 Å². The third-order valence-corrected chi connectivity index (χ3v) is 6.34. The van der Waals surface area contributed by atoms with Crippen molar-refractivity contribution in [2.24, 2.45) is 5.92 Å². The van der Waals surface area contributed by atoms with Crippen LogP contribution in [0.15, 0.2) is 18.2 Å². The third-order valence-electron chi connectivity index (χ3n) is 6.34. The SMILES string of the molecule is CC1(C)CC(CNCc2cccc3c2C(=O)N(C2CCC(=O)NC2=O)C3)CCN1. The first-order valence-corrected chi connectivity index (χ1v) is 10.6. The van der Waals surface area contributed by atoms with E-state index in [2.05, 4.69) is 29.8 Å². The van der Waals surface area contributed by atoms with Gasteiger partial charge in [0.05, 0.1) is 0 Å². The summed E-state index contributed by atoms with van der Waals surface area (Å²) in [6.45, 7) is 7.52. The van der Waals surface area contributed by atoms with Crippen molar-refractivity contribution in [3.63, 3.8) is 0 Å². The van der Waals surface area contributed by atoms with E-state index in [1.54, 1.807) is 4.90 Å². The second kappa shape index (κ2) is 7.88. The standard InChI is InChI=1S/C22H30N4O3/c1-22(2)10-14(8-9-24-22)11-23-12-15-4-3-5-16-13-26(21(29)19(15)16)17-6-7-18(27)25-20(17)28/h3-5,14,17,23-24H,6-13H2,1-2H3,(H,25,27,28). The fourth-order valence-electron chi connectivity index (χ4n) is 4.93. The van der Waals surface area contributed by atoms with Gasteiger partial charge in [0.25, 0.3) is 5.91 Å². The van der Waals surface area contributed by atoms with E-state index in [0.29, 0.717) is 25.4 Å². The summed E-state index contributed by atoms with van der Waals surface area (Å²) in [4.78, 5) is 38.4. The van der Waals surface area contributed by atoms with Crippen molar-refractivity contribution in [3.05, 3.63) is 34.9 Å². The fraction of sp³-hybridized carbons (Fsp3) is 0.591. The van der Waals surface area contributed by atoms with Crippen molar-refractivity contribution in [3.8, 4) is 0 Å². The van der Waals surface area contributed by atoms with E-state index in [1.165, 1.54) is 0 Å². The van der Waals surface area contributed by atoms with Gasteiger partial charge < -0.3 is 15.5 Å². The van der Waals surface area contributed by atoms with E-state index in [-0.39, 0.29) is 29.7 Å². The molecule has 3 aliphatic heterocycles. The quantitative estimate of drug-likeness (QED) is 0.651. The number of hydrogen-bond donors (Lipinski definition) is 3. The minimum atomic E-state index is -0.564. The minimum Gasteiger partial charge on any atom is -0.322 e. The van der Waals surface area contributed by atoms with Crippen LogP contribution in [-0.4, -0.2) is 47.3 Å². The summed E-state index contributed by atoms with van der Waals surface area (Å²) in [5.74, 6) is -0.106. The summed E-state index contributed by atoms with van der Waals surface area (Å²) in [5, 5.41) is 9.45. The zero-order chi connectivity index (χ0) is 20.6. The molecule has 1 aromatic rings. The Morgan fingerprint density at radius 1 is 1.21 bits per heavy atom. The molecule has 29 heavy (non-hydrogen) atoms. The van der Waals surface area contributed by atoms with Gasteiger partial charge in [0.1, 0.15) is 6.04 Å². The monoisotopic (exact) mass is 398 g/mol. The zero-order valence-corrected chi connectivity index (χ0v) is 17.2. The molecular formula is C22H30N4O3. The highest BCUT2D eigenvalue weighted by Gasteiger charge is 2.39. The van der Waals surface area contributed by atoms with Crippen LogP contribution in [0.1, 0.15) is 61.0 Å². The zero-order valence-electron chi connectivity index (χ0n) is 17.2. The summed E-state index contributed by atoms with van der Waals surface area (Å²) in [6, 6.07) is 5.36. The lowest BCUT2D eigenvalue weighted by Crippen LogP contribution is -2.52. The van der Waals surface area contributed by atoms with E-state index in [1.807, 2.05) is 18.2 Å². The molecule has 2 fully saturated rings. The highest BCUT2D eigenvalue weighted by atomic mass is 16.2. The van der Waals surface area contributed by atoms with Crippen LogP contribution in [0.4, 0.5) is 0 Å². The predicted molar refractivity (Wildman–Crippen MR) is 109 cm³/mol. The first-order valence-electron chi connectivity index (χ1n) is 10.6. The highest BCUT2D eigenvalue weighted by Crippen LogP contribution is 2.30. The number of benzene rings is 1. The molecule has 3 aliphatic rings. The van der Waals surface area contributed by atoms with Gasteiger partial charge in [-0.25, -0.2) is 0 Å². The molecule has 3 amide bonds. The van der Waals surface area contributed by atoms with Gasteiger partial charge in [0.2, 0.25) is 11.8 Å². The molecule has 0 aromatic heterocycles. The molecule has 0 radical (unpaired) electrons. The summed E-state index contributed by atoms with van der Waals surface area (Å²) < 4.78 is 0. The molecule has 7 nitrogen and oxygen atoms in total. The van der Waals surface area contributed by atoms with Gasteiger partial charge in [0, 0.05) is 30.6 Å². The lowest BCUT2D eigenvalue weighted by atomic mass is 9.84. The van der Waals surface area contributed by atoms with Crippen molar-refractivity contribution in [1.29, 1.82) is 0 Å². The molecule has 2 atom stereocenters. The summed E-state index contributed by atoms with van der Waals surface area (Å²) in [6.07, 6.45) is 2.96. The van der Waals surface area contributed by atoms with Crippen LogP contribution in [0.25, 0.3) is 0 Å².